The predicted molar refractivity (Wildman–Crippen MR) is 80.0 cm³/mol. The molecule has 1 aromatic rings. The van der Waals surface area contributed by atoms with Gasteiger partial charge in [-0.05, 0) is 18.4 Å². The summed E-state index contributed by atoms with van der Waals surface area (Å²) in [5.74, 6) is -1.23. The Morgan fingerprint density at radius 2 is 2.00 bits per heavy atom. The van der Waals surface area contributed by atoms with Crippen LogP contribution in [0, 0.1) is 17.8 Å². The van der Waals surface area contributed by atoms with E-state index in [4.69, 9.17) is 9.84 Å². The molecule has 1 heterocycles. The van der Waals surface area contributed by atoms with E-state index in [9.17, 15) is 9.59 Å². The van der Waals surface area contributed by atoms with Crippen molar-refractivity contribution in [3.8, 4) is 0 Å². The fourth-order valence-electron chi connectivity index (χ4n) is 3.06. The third-order valence-electron chi connectivity index (χ3n) is 4.49. The molecule has 1 aliphatic heterocycles. The Morgan fingerprint density at radius 3 is 2.68 bits per heavy atom. The molecular weight excluding hydrogens is 282 g/mol. The number of carboxylic acids is 1. The average Bonchev–Trinajstić information content (AvgIpc) is 3.20. The Balaban J connectivity index is 1.39. The van der Waals surface area contributed by atoms with E-state index in [1.807, 2.05) is 35.2 Å². The van der Waals surface area contributed by atoms with Gasteiger partial charge in [-0.3, -0.25) is 9.59 Å². The van der Waals surface area contributed by atoms with Crippen LogP contribution in [-0.2, 0) is 20.9 Å². The number of nitrogens with zero attached hydrogens (tertiary/aromatic N) is 1. The minimum Gasteiger partial charge on any atom is -0.481 e. The van der Waals surface area contributed by atoms with Gasteiger partial charge in [0.1, 0.15) is 0 Å². The van der Waals surface area contributed by atoms with Crippen molar-refractivity contribution in [2.24, 2.45) is 17.8 Å². The van der Waals surface area contributed by atoms with Crippen molar-refractivity contribution in [2.45, 2.75) is 19.4 Å². The zero-order chi connectivity index (χ0) is 15.5. The third-order valence-corrected chi connectivity index (χ3v) is 4.49. The highest BCUT2D eigenvalue weighted by Gasteiger charge is 2.50. The van der Waals surface area contributed by atoms with Gasteiger partial charge < -0.3 is 14.7 Å². The number of carbonyl (C=O) groups excluding carboxylic acids is 1. The second-order valence-corrected chi connectivity index (χ2v) is 6.23. The van der Waals surface area contributed by atoms with Crippen LogP contribution >= 0.6 is 0 Å². The van der Waals surface area contributed by atoms with Crippen molar-refractivity contribution in [3.63, 3.8) is 0 Å². The second kappa shape index (κ2) is 6.48. The first-order valence-corrected chi connectivity index (χ1v) is 7.78. The van der Waals surface area contributed by atoms with Crippen LogP contribution in [0.15, 0.2) is 30.3 Å². The molecule has 1 N–H and O–H groups in total. The molecule has 0 radical (unpaired) electrons. The Bertz CT molecular complexity index is 545. The maximum atomic E-state index is 12.2. The summed E-state index contributed by atoms with van der Waals surface area (Å²) in [7, 11) is 0. The zero-order valence-electron chi connectivity index (χ0n) is 12.5. The summed E-state index contributed by atoms with van der Waals surface area (Å²) >= 11 is 0. The summed E-state index contributed by atoms with van der Waals surface area (Å²) in [6, 6.07) is 10.0. The topological polar surface area (TPSA) is 66.8 Å². The Hall–Kier alpha value is -1.88. The normalized spacial score (nSPS) is 26.9. The summed E-state index contributed by atoms with van der Waals surface area (Å²) in [5, 5.41) is 8.90. The highest BCUT2D eigenvalue weighted by molar-refractivity contribution is 5.89. The standard InChI is InChI=1S/C17H21NO4/c19-16(14-8-15(14)17(20)21)18-7-6-13(9-18)11-22-10-12-4-2-1-3-5-12/h1-5,13-15H,6-11H2,(H,20,21). The number of ether oxygens (including phenoxy) is 1. The van der Waals surface area contributed by atoms with Gasteiger partial charge in [-0.15, -0.1) is 0 Å². The van der Waals surface area contributed by atoms with Crippen LogP contribution in [0.5, 0.6) is 0 Å². The molecular formula is C17H21NO4. The van der Waals surface area contributed by atoms with Crippen molar-refractivity contribution in [1.29, 1.82) is 0 Å². The van der Waals surface area contributed by atoms with E-state index < -0.39 is 11.9 Å². The molecule has 118 valence electrons. The summed E-state index contributed by atoms with van der Waals surface area (Å²) in [5.41, 5.74) is 1.15. The Kier molecular flexibility index (Phi) is 4.43. The Labute approximate surface area is 129 Å². The van der Waals surface area contributed by atoms with Crippen LogP contribution in [-0.4, -0.2) is 41.6 Å². The molecule has 1 amide bonds. The van der Waals surface area contributed by atoms with E-state index in [1.54, 1.807) is 0 Å². The smallest absolute Gasteiger partial charge is 0.307 e. The quantitative estimate of drug-likeness (QED) is 0.870. The molecule has 1 aromatic carbocycles. The van der Waals surface area contributed by atoms with Crippen LogP contribution in [0.25, 0.3) is 0 Å². The number of carboxylic acid groups (broad SMARTS) is 1. The van der Waals surface area contributed by atoms with Crippen molar-refractivity contribution < 1.29 is 19.4 Å². The summed E-state index contributed by atoms with van der Waals surface area (Å²) < 4.78 is 5.74. The number of benzene rings is 1. The lowest BCUT2D eigenvalue weighted by Crippen LogP contribution is -2.31. The van der Waals surface area contributed by atoms with Gasteiger partial charge in [-0.25, -0.2) is 0 Å². The molecule has 0 aromatic heterocycles. The van der Waals surface area contributed by atoms with E-state index >= 15 is 0 Å². The molecule has 2 aliphatic rings. The molecule has 1 saturated heterocycles. The highest BCUT2D eigenvalue weighted by Crippen LogP contribution is 2.40. The molecule has 1 saturated carbocycles. The summed E-state index contributed by atoms with van der Waals surface area (Å²) in [6.45, 7) is 2.65. The number of likely N-dealkylation sites (tertiary alicyclic amines) is 1. The number of hydrogen-bond acceptors (Lipinski definition) is 3. The van der Waals surface area contributed by atoms with Crippen LogP contribution in [0.3, 0.4) is 0 Å². The highest BCUT2D eigenvalue weighted by atomic mass is 16.5. The van der Waals surface area contributed by atoms with Gasteiger partial charge in [0, 0.05) is 19.0 Å². The maximum absolute atomic E-state index is 12.2. The van der Waals surface area contributed by atoms with Crippen molar-refractivity contribution in [3.05, 3.63) is 35.9 Å². The fraction of sp³-hybridized carbons (Fsp3) is 0.529. The summed E-state index contributed by atoms with van der Waals surface area (Å²) in [6.07, 6.45) is 1.44. The van der Waals surface area contributed by atoms with Gasteiger partial charge in [0.25, 0.3) is 0 Å². The number of carbonyl (C=O) groups is 2. The minimum absolute atomic E-state index is 0.0120. The zero-order valence-corrected chi connectivity index (χ0v) is 12.5. The van der Waals surface area contributed by atoms with E-state index in [1.165, 1.54) is 0 Å². The van der Waals surface area contributed by atoms with Crippen molar-refractivity contribution in [2.75, 3.05) is 19.7 Å². The van der Waals surface area contributed by atoms with Gasteiger partial charge in [0.2, 0.25) is 5.91 Å². The monoisotopic (exact) mass is 303 g/mol. The van der Waals surface area contributed by atoms with Crippen LogP contribution in [0.2, 0.25) is 0 Å². The van der Waals surface area contributed by atoms with E-state index in [2.05, 4.69) is 0 Å². The lowest BCUT2D eigenvalue weighted by molar-refractivity contribution is -0.141. The Morgan fingerprint density at radius 1 is 1.23 bits per heavy atom. The molecule has 3 rings (SSSR count). The predicted octanol–water partition coefficient (Wildman–Crippen LogP) is 1.77. The van der Waals surface area contributed by atoms with E-state index in [0.717, 1.165) is 18.5 Å². The second-order valence-electron chi connectivity index (χ2n) is 6.23. The number of rotatable bonds is 6. The number of hydrogen-bond donors (Lipinski definition) is 1. The molecule has 2 fully saturated rings. The van der Waals surface area contributed by atoms with E-state index in [-0.39, 0.29) is 11.8 Å². The third kappa shape index (κ3) is 3.47. The van der Waals surface area contributed by atoms with E-state index in [0.29, 0.717) is 32.1 Å². The number of aliphatic carboxylic acids is 1. The van der Waals surface area contributed by atoms with Crippen molar-refractivity contribution >= 4 is 11.9 Å². The largest absolute Gasteiger partial charge is 0.481 e. The lowest BCUT2D eigenvalue weighted by atomic mass is 10.1. The molecule has 0 bridgehead atoms. The lowest BCUT2D eigenvalue weighted by Gasteiger charge is -2.16. The molecule has 1 aliphatic carbocycles. The molecule has 5 nitrogen and oxygen atoms in total. The number of amides is 1. The van der Waals surface area contributed by atoms with Gasteiger partial charge in [-0.2, -0.15) is 0 Å². The fourth-order valence-corrected chi connectivity index (χ4v) is 3.06. The summed E-state index contributed by atoms with van der Waals surface area (Å²) in [4.78, 5) is 24.8. The minimum atomic E-state index is -0.847. The van der Waals surface area contributed by atoms with Gasteiger partial charge in [0.05, 0.1) is 25.0 Å². The first-order chi connectivity index (χ1) is 10.6. The molecule has 22 heavy (non-hydrogen) atoms. The van der Waals surface area contributed by atoms with Crippen molar-refractivity contribution in [1.82, 2.24) is 4.90 Å². The van der Waals surface area contributed by atoms with Crippen LogP contribution in [0.1, 0.15) is 18.4 Å². The molecule has 3 unspecified atom stereocenters. The first-order valence-electron chi connectivity index (χ1n) is 7.78. The van der Waals surface area contributed by atoms with Crippen LogP contribution < -0.4 is 0 Å². The molecule has 3 atom stereocenters. The van der Waals surface area contributed by atoms with Crippen LogP contribution in [0.4, 0.5) is 0 Å². The maximum Gasteiger partial charge on any atom is 0.307 e. The SMILES string of the molecule is O=C(O)C1CC1C(=O)N1CCC(COCc2ccccc2)C1. The van der Waals surface area contributed by atoms with Gasteiger partial charge in [-0.1, -0.05) is 30.3 Å². The average molecular weight is 303 g/mol. The molecule has 5 heteroatoms. The first kappa shape index (κ1) is 15.0. The van der Waals surface area contributed by atoms with Gasteiger partial charge >= 0.3 is 5.97 Å². The van der Waals surface area contributed by atoms with Gasteiger partial charge in [0.15, 0.2) is 0 Å². The molecule has 0 spiro atoms.